The molecule has 1 aliphatic heterocycles. The van der Waals surface area contributed by atoms with Crippen molar-refractivity contribution in [3.05, 3.63) is 28.4 Å². The first-order valence-corrected chi connectivity index (χ1v) is 5.63. The van der Waals surface area contributed by atoms with Gasteiger partial charge in [-0.1, -0.05) is 0 Å². The van der Waals surface area contributed by atoms with Crippen molar-refractivity contribution < 1.29 is 10.0 Å². The van der Waals surface area contributed by atoms with Crippen LogP contribution in [-0.4, -0.2) is 33.7 Å². The molecule has 2 unspecified atom stereocenters. The Bertz CT molecular complexity index is 407. The molecule has 0 aliphatic carbocycles. The molecule has 0 bridgehead atoms. The monoisotopic (exact) mass is 237 g/mol. The summed E-state index contributed by atoms with van der Waals surface area (Å²) < 4.78 is 0. The minimum Gasteiger partial charge on any atom is -0.393 e. The van der Waals surface area contributed by atoms with Gasteiger partial charge in [0.2, 0.25) is 0 Å². The largest absolute Gasteiger partial charge is 0.393 e. The molecule has 0 radical (unpaired) electrons. The predicted molar refractivity (Wildman–Crippen MR) is 62.9 cm³/mol. The molecule has 1 aliphatic rings. The fourth-order valence-electron chi connectivity index (χ4n) is 2.19. The van der Waals surface area contributed by atoms with Gasteiger partial charge in [0.1, 0.15) is 0 Å². The first-order valence-electron chi connectivity index (χ1n) is 5.63. The lowest BCUT2D eigenvalue weighted by Gasteiger charge is -2.36. The van der Waals surface area contributed by atoms with Crippen LogP contribution in [0.3, 0.4) is 0 Å². The summed E-state index contributed by atoms with van der Waals surface area (Å²) in [7, 11) is 0. The first-order chi connectivity index (χ1) is 8.08. The topological polar surface area (TPSA) is 79.5 Å². The summed E-state index contributed by atoms with van der Waals surface area (Å²) in [6, 6.07) is 3.34. The number of aliphatic hydroxyl groups is 1. The number of anilines is 1. The molecule has 2 heterocycles. The second-order valence-electron chi connectivity index (χ2n) is 4.35. The van der Waals surface area contributed by atoms with Crippen molar-refractivity contribution in [1.82, 2.24) is 4.98 Å². The highest BCUT2D eigenvalue weighted by molar-refractivity contribution is 5.47. The van der Waals surface area contributed by atoms with Crippen molar-refractivity contribution >= 4 is 11.5 Å². The third-order valence-electron chi connectivity index (χ3n) is 3.10. The van der Waals surface area contributed by atoms with E-state index in [1.807, 2.05) is 6.92 Å². The molecule has 0 aromatic carbocycles. The summed E-state index contributed by atoms with van der Waals surface area (Å²) in [4.78, 5) is 15.9. The lowest BCUT2D eigenvalue weighted by atomic mass is 10.0. The molecule has 1 fully saturated rings. The Morgan fingerprint density at radius 1 is 1.59 bits per heavy atom. The fraction of sp³-hybridized carbons (Fsp3) is 0.545. The highest BCUT2D eigenvalue weighted by atomic mass is 16.6. The second kappa shape index (κ2) is 4.67. The standard InChI is InChI=1S/C11H15N3O3/c1-8-6-10(15)4-5-13(8)9-2-3-11(12-7-9)14(16)17/h2-3,7-8,10,15H,4-6H2,1H3. The van der Waals surface area contributed by atoms with Gasteiger partial charge in [-0.05, 0) is 35.7 Å². The van der Waals surface area contributed by atoms with E-state index in [4.69, 9.17) is 0 Å². The molecule has 0 saturated carbocycles. The van der Waals surface area contributed by atoms with Gasteiger partial charge in [0.15, 0.2) is 6.20 Å². The number of nitro groups is 1. The number of pyridine rings is 1. The number of nitrogens with zero attached hydrogens (tertiary/aromatic N) is 3. The van der Waals surface area contributed by atoms with E-state index in [1.54, 1.807) is 6.07 Å². The van der Waals surface area contributed by atoms with E-state index in [0.717, 1.165) is 25.1 Å². The van der Waals surface area contributed by atoms with E-state index in [2.05, 4.69) is 9.88 Å². The van der Waals surface area contributed by atoms with E-state index in [1.165, 1.54) is 12.3 Å². The maximum atomic E-state index is 10.5. The number of hydrogen-bond donors (Lipinski definition) is 1. The Morgan fingerprint density at radius 2 is 2.35 bits per heavy atom. The zero-order valence-corrected chi connectivity index (χ0v) is 9.61. The van der Waals surface area contributed by atoms with Crippen LogP contribution < -0.4 is 4.90 Å². The Kier molecular flexibility index (Phi) is 3.23. The second-order valence-corrected chi connectivity index (χ2v) is 4.35. The van der Waals surface area contributed by atoms with Crippen LogP contribution in [0.1, 0.15) is 19.8 Å². The van der Waals surface area contributed by atoms with Gasteiger partial charge in [-0.2, -0.15) is 0 Å². The normalized spacial score (nSPS) is 24.7. The van der Waals surface area contributed by atoms with Gasteiger partial charge in [-0.25, -0.2) is 0 Å². The molecular formula is C11H15N3O3. The molecule has 2 atom stereocenters. The molecule has 1 N–H and O–H groups in total. The number of hydrogen-bond acceptors (Lipinski definition) is 5. The molecule has 92 valence electrons. The van der Waals surface area contributed by atoms with Gasteiger partial charge in [-0.15, -0.1) is 0 Å². The van der Waals surface area contributed by atoms with E-state index < -0.39 is 4.92 Å². The minimum absolute atomic E-state index is 0.140. The Hall–Kier alpha value is -1.69. The van der Waals surface area contributed by atoms with Crippen LogP contribution in [0, 0.1) is 10.1 Å². The maximum absolute atomic E-state index is 10.5. The quantitative estimate of drug-likeness (QED) is 0.620. The lowest BCUT2D eigenvalue weighted by molar-refractivity contribution is -0.389. The van der Waals surface area contributed by atoms with Crippen molar-refractivity contribution in [3.8, 4) is 0 Å². The van der Waals surface area contributed by atoms with Crippen molar-refractivity contribution in [2.24, 2.45) is 0 Å². The van der Waals surface area contributed by atoms with Crippen molar-refractivity contribution in [1.29, 1.82) is 0 Å². The van der Waals surface area contributed by atoms with Crippen molar-refractivity contribution in [2.75, 3.05) is 11.4 Å². The average molecular weight is 237 g/mol. The van der Waals surface area contributed by atoms with Gasteiger partial charge < -0.3 is 20.1 Å². The predicted octanol–water partition coefficient (Wildman–Crippen LogP) is 1.34. The number of piperidine rings is 1. The molecule has 1 saturated heterocycles. The van der Waals surface area contributed by atoms with Gasteiger partial charge in [0.25, 0.3) is 0 Å². The molecule has 1 aromatic rings. The number of aliphatic hydroxyl groups excluding tert-OH is 1. The zero-order chi connectivity index (χ0) is 12.4. The highest BCUT2D eigenvalue weighted by Crippen LogP contribution is 2.25. The van der Waals surface area contributed by atoms with Crippen molar-refractivity contribution in [2.45, 2.75) is 31.9 Å². The molecule has 0 amide bonds. The molecule has 17 heavy (non-hydrogen) atoms. The summed E-state index contributed by atoms with van der Waals surface area (Å²) in [5.74, 6) is -0.140. The highest BCUT2D eigenvalue weighted by Gasteiger charge is 2.25. The van der Waals surface area contributed by atoms with Crippen molar-refractivity contribution in [3.63, 3.8) is 0 Å². The first kappa shape index (κ1) is 11.8. The maximum Gasteiger partial charge on any atom is 0.363 e. The summed E-state index contributed by atoms with van der Waals surface area (Å²) in [6.07, 6.45) is 2.72. The van der Waals surface area contributed by atoms with Crippen LogP contribution in [0.25, 0.3) is 0 Å². The number of rotatable bonds is 2. The molecule has 0 spiro atoms. The van der Waals surface area contributed by atoms with Crippen LogP contribution >= 0.6 is 0 Å². The van der Waals surface area contributed by atoms with Crippen LogP contribution in [0.15, 0.2) is 18.3 Å². The van der Waals surface area contributed by atoms with E-state index in [9.17, 15) is 15.2 Å². The van der Waals surface area contributed by atoms with Gasteiger partial charge in [0.05, 0.1) is 11.8 Å². The average Bonchev–Trinajstić information content (AvgIpc) is 2.29. The Morgan fingerprint density at radius 3 is 2.88 bits per heavy atom. The summed E-state index contributed by atoms with van der Waals surface area (Å²) >= 11 is 0. The van der Waals surface area contributed by atoms with E-state index in [0.29, 0.717) is 0 Å². The molecular weight excluding hydrogens is 222 g/mol. The van der Waals surface area contributed by atoms with Crippen LogP contribution in [-0.2, 0) is 0 Å². The fourth-order valence-corrected chi connectivity index (χ4v) is 2.19. The van der Waals surface area contributed by atoms with Crippen LogP contribution in [0.4, 0.5) is 11.5 Å². The SMILES string of the molecule is CC1CC(O)CCN1c1ccc([N+](=O)[O-])nc1. The third kappa shape index (κ3) is 2.52. The van der Waals surface area contributed by atoms with Gasteiger partial charge in [-0.3, -0.25) is 0 Å². The lowest BCUT2D eigenvalue weighted by Crippen LogP contribution is -2.42. The van der Waals surface area contributed by atoms with Crippen LogP contribution in [0.5, 0.6) is 0 Å². The summed E-state index contributed by atoms with van der Waals surface area (Å²) in [5.41, 5.74) is 0.870. The minimum atomic E-state index is -0.507. The molecule has 2 rings (SSSR count). The Labute approximate surface area is 99.0 Å². The van der Waals surface area contributed by atoms with Crippen LogP contribution in [0.2, 0.25) is 0 Å². The molecule has 6 heteroatoms. The number of aromatic nitrogens is 1. The summed E-state index contributed by atoms with van der Waals surface area (Å²) in [6.45, 7) is 2.78. The van der Waals surface area contributed by atoms with E-state index in [-0.39, 0.29) is 18.0 Å². The smallest absolute Gasteiger partial charge is 0.363 e. The third-order valence-corrected chi connectivity index (χ3v) is 3.10. The molecule has 6 nitrogen and oxygen atoms in total. The summed E-state index contributed by atoms with van der Waals surface area (Å²) in [5, 5.41) is 20.0. The molecule has 1 aromatic heterocycles. The van der Waals surface area contributed by atoms with Gasteiger partial charge >= 0.3 is 5.82 Å². The van der Waals surface area contributed by atoms with Gasteiger partial charge in [0, 0.05) is 18.7 Å². The Balaban J connectivity index is 2.14. The van der Waals surface area contributed by atoms with E-state index >= 15 is 0 Å². The zero-order valence-electron chi connectivity index (χ0n) is 9.61.